The Bertz CT molecular complexity index is 311. The van der Waals surface area contributed by atoms with Crippen molar-refractivity contribution in [2.45, 2.75) is 39.7 Å². The topological polar surface area (TPSA) is 30.7 Å². The summed E-state index contributed by atoms with van der Waals surface area (Å²) in [6, 6.07) is 0.317. The van der Waals surface area contributed by atoms with E-state index in [1.54, 1.807) is 6.33 Å². The third-order valence-electron chi connectivity index (χ3n) is 2.99. The van der Waals surface area contributed by atoms with Crippen molar-refractivity contribution >= 4 is 23.2 Å². The fraction of sp³-hybridized carbons (Fsp3) is 0.818. The fourth-order valence-electron chi connectivity index (χ4n) is 1.61. The van der Waals surface area contributed by atoms with E-state index in [1.165, 1.54) is 0 Å². The predicted molar refractivity (Wildman–Crippen MR) is 68.3 cm³/mol. The lowest BCUT2D eigenvalue weighted by atomic mass is 9.85. The minimum absolute atomic E-state index is 0.0667. The lowest BCUT2D eigenvalue weighted by molar-refractivity contribution is 0.339. The molecule has 16 heavy (non-hydrogen) atoms. The highest BCUT2D eigenvalue weighted by Gasteiger charge is 2.29. The smallest absolute Gasteiger partial charge is 0.138 e. The van der Waals surface area contributed by atoms with Crippen LogP contribution >= 0.6 is 23.2 Å². The van der Waals surface area contributed by atoms with Crippen molar-refractivity contribution in [3.8, 4) is 0 Å². The highest BCUT2D eigenvalue weighted by atomic mass is 35.5. The number of hydrogen-bond donors (Lipinski definition) is 0. The van der Waals surface area contributed by atoms with Crippen LogP contribution in [-0.4, -0.2) is 26.5 Å². The van der Waals surface area contributed by atoms with Crippen molar-refractivity contribution in [3.05, 3.63) is 12.2 Å². The summed E-state index contributed by atoms with van der Waals surface area (Å²) in [5, 5.41) is 4.22. The number of alkyl halides is 2. The molecule has 0 N–H and O–H groups in total. The van der Waals surface area contributed by atoms with Gasteiger partial charge < -0.3 is 0 Å². The Morgan fingerprint density at radius 1 is 1.38 bits per heavy atom. The van der Waals surface area contributed by atoms with E-state index in [1.807, 2.05) is 4.68 Å². The van der Waals surface area contributed by atoms with Crippen LogP contribution < -0.4 is 0 Å². The van der Waals surface area contributed by atoms with E-state index in [-0.39, 0.29) is 5.41 Å². The molecular weight excluding hydrogens is 245 g/mol. The molecule has 0 radical (unpaired) electrons. The van der Waals surface area contributed by atoms with Crippen molar-refractivity contribution in [3.63, 3.8) is 0 Å². The first-order chi connectivity index (χ1) is 7.58. The summed E-state index contributed by atoms with van der Waals surface area (Å²) in [7, 11) is 0. The Balaban J connectivity index is 2.89. The molecule has 0 atom stereocenters. The largest absolute Gasteiger partial charge is 0.248 e. The molecule has 92 valence electrons. The van der Waals surface area contributed by atoms with Crippen LogP contribution in [0.2, 0.25) is 0 Å². The lowest BCUT2D eigenvalue weighted by Crippen LogP contribution is -2.29. The summed E-state index contributed by atoms with van der Waals surface area (Å²) >= 11 is 12.1. The molecule has 1 rings (SSSR count). The molecule has 0 saturated carbocycles. The van der Waals surface area contributed by atoms with Crippen molar-refractivity contribution in [1.29, 1.82) is 0 Å². The zero-order chi connectivity index (χ0) is 12.2. The molecule has 0 spiro atoms. The first kappa shape index (κ1) is 13.8. The molecule has 0 aliphatic rings. The average molecular weight is 264 g/mol. The van der Waals surface area contributed by atoms with Crippen LogP contribution in [0.3, 0.4) is 0 Å². The normalized spacial score (nSPS) is 12.4. The Morgan fingerprint density at radius 3 is 2.44 bits per heavy atom. The Morgan fingerprint density at radius 2 is 2.00 bits per heavy atom. The molecule has 0 saturated heterocycles. The number of aromatic nitrogens is 3. The van der Waals surface area contributed by atoms with E-state index < -0.39 is 0 Å². The van der Waals surface area contributed by atoms with Gasteiger partial charge in [-0.05, 0) is 20.3 Å². The third kappa shape index (κ3) is 2.89. The van der Waals surface area contributed by atoms with Gasteiger partial charge in [0.2, 0.25) is 0 Å². The summed E-state index contributed by atoms with van der Waals surface area (Å²) in [4.78, 5) is 4.30. The van der Waals surface area contributed by atoms with Gasteiger partial charge in [-0.2, -0.15) is 5.10 Å². The maximum Gasteiger partial charge on any atom is 0.138 e. The Kier molecular flexibility index (Phi) is 5.06. The van der Waals surface area contributed by atoms with Gasteiger partial charge in [0.25, 0.3) is 0 Å². The fourth-order valence-corrected chi connectivity index (χ4v) is 2.46. The summed E-state index contributed by atoms with van der Waals surface area (Å²) in [5.41, 5.74) is -0.0667. The molecule has 0 aliphatic carbocycles. The molecule has 0 aliphatic heterocycles. The first-order valence-electron chi connectivity index (χ1n) is 5.59. The van der Waals surface area contributed by atoms with Crippen molar-refractivity contribution in [2.75, 3.05) is 11.8 Å². The summed E-state index contributed by atoms with van der Waals surface area (Å²) < 4.78 is 1.93. The van der Waals surface area contributed by atoms with Gasteiger partial charge in [-0.25, -0.2) is 9.67 Å². The third-order valence-corrected chi connectivity index (χ3v) is 4.12. The van der Waals surface area contributed by atoms with Gasteiger partial charge in [-0.3, -0.25) is 0 Å². The number of hydrogen-bond acceptors (Lipinski definition) is 2. The van der Waals surface area contributed by atoms with Crippen LogP contribution in [0.1, 0.15) is 39.1 Å². The molecule has 1 heterocycles. The molecule has 1 aromatic rings. The second-order valence-electron chi connectivity index (χ2n) is 4.51. The van der Waals surface area contributed by atoms with Gasteiger partial charge in [0.15, 0.2) is 0 Å². The van der Waals surface area contributed by atoms with Crippen LogP contribution in [0.15, 0.2) is 6.33 Å². The van der Waals surface area contributed by atoms with Crippen LogP contribution in [0.5, 0.6) is 0 Å². The molecule has 3 nitrogen and oxygen atoms in total. The highest BCUT2D eigenvalue weighted by Crippen LogP contribution is 2.30. The SMILES string of the molecule is CCC(CCl)(CCl)Cc1ncnn1C(C)C. The number of nitrogens with zero attached hydrogens (tertiary/aromatic N) is 3. The quantitative estimate of drug-likeness (QED) is 0.738. The van der Waals surface area contributed by atoms with E-state index >= 15 is 0 Å². The molecule has 0 amide bonds. The maximum absolute atomic E-state index is 6.03. The molecule has 0 fully saturated rings. The molecule has 0 unspecified atom stereocenters. The van der Waals surface area contributed by atoms with Gasteiger partial charge in [0.1, 0.15) is 12.2 Å². The molecule has 5 heteroatoms. The monoisotopic (exact) mass is 263 g/mol. The van der Waals surface area contributed by atoms with Crippen molar-refractivity contribution in [2.24, 2.45) is 5.41 Å². The van der Waals surface area contributed by atoms with Gasteiger partial charge in [0, 0.05) is 29.6 Å². The maximum atomic E-state index is 6.03. The zero-order valence-electron chi connectivity index (χ0n) is 10.1. The molecule has 1 aromatic heterocycles. The molecule has 0 aromatic carbocycles. The summed E-state index contributed by atoms with van der Waals surface area (Å²) in [5.74, 6) is 2.08. The molecular formula is C11H19Cl2N3. The summed E-state index contributed by atoms with van der Waals surface area (Å²) in [6.45, 7) is 6.29. The summed E-state index contributed by atoms with van der Waals surface area (Å²) in [6.07, 6.45) is 3.33. The second kappa shape index (κ2) is 5.87. The van der Waals surface area contributed by atoms with Gasteiger partial charge in [-0.15, -0.1) is 23.2 Å². The van der Waals surface area contributed by atoms with Gasteiger partial charge >= 0.3 is 0 Å². The second-order valence-corrected chi connectivity index (χ2v) is 5.05. The van der Waals surface area contributed by atoms with Gasteiger partial charge in [0.05, 0.1) is 0 Å². The average Bonchev–Trinajstić information content (AvgIpc) is 2.74. The van der Waals surface area contributed by atoms with Gasteiger partial charge in [-0.1, -0.05) is 6.92 Å². The highest BCUT2D eigenvalue weighted by molar-refractivity contribution is 6.21. The van der Waals surface area contributed by atoms with E-state index in [4.69, 9.17) is 23.2 Å². The van der Waals surface area contributed by atoms with Crippen LogP contribution in [0.25, 0.3) is 0 Å². The van der Waals surface area contributed by atoms with E-state index in [9.17, 15) is 0 Å². The van der Waals surface area contributed by atoms with E-state index in [2.05, 4.69) is 30.9 Å². The Labute approximate surface area is 107 Å². The predicted octanol–water partition coefficient (Wildman–Crippen LogP) is 3.28. The first-order valence-corrected chi connectivity index (χ1v) is 6.65. The number of rotatable bonds is 6. The minimum atomic E-state index is -0.0667. The van der Waals surface area contributed by atoms with Crippen LogP contribution in [0.4, 0.5) is 0 Å². The molecule has 0 bridgehead atoms. The zero-order valence-corrected chi connectivity index (χ0v) is 11.6. The lowest BCUT2D eigenvalue weighted by Gasteiger charge is -2.27. The van der Waals surface area contributed by atoms with Crippen LogP contribution in [0, 0.1) is 5.41 Å². The van der Waals surface area contributed by atoms with E-state index in [0.29, 0.717) is 17.8 Å². The number of halogens is 2. The van der Waals surface area contributed by atoms with E-state index in [0.717, 1.165) is 18.7 Å². The Hall–Kier alpha value is -0.280. The minimum Gasteiger partial charge on any atom is -0.248 e. The standard InChI is InChI=1S/C11H19Cl2N3/c1-4-11(6-12,7-13)5-10-14-8-15-16(10)9(2)3/h8-9H,4-7H2,1-3H3. The van der Waals surface area contributed by atoms with Crippen molar-refractivity contribution < 1.29 is 0 Å². The van der Waals surface area contributed by atoms with Crippen LogP contribution in [-0.2, 0) is 6.42 Å². The van der Waals surface area contributed by atoms with Crippen molar-refractivity contribution in [1.82, 2.24) is 14.8 Å².